The number of benzene rings is 1. The number of nitrogens with zero attached hydrogens (tertiary/aromatic N) is 4. The third kappa shape index (κ3) is 5.26. The first-order valence-electron chi connectivity index (χ1n) is 11.9. The predicted octanol–water partition coefficient (Wildman–Crippen LogP) is 4.08. The van der Waals surface area contributed by atoms with Crippen LogP contribution in [-0.4, -0.2) is 59.2 Å². The van der Waals surface area contributed by atoms with Gasteiger partial charge in [-0.15, -0.1) is 0 Å². The van der Waals surface area contributed by atoms with Crippen LogP contribution >= 0.6 is 0 Å². The van der Waals surface area contributed by atoms with Gasteiger partial charge in [0.15, 0.2) is 22.9 Å². The first kappa shape index (κ1) is 24.3. The number of rotatable bonds is 10. The monoisotopic (exact) mass is 505 g/mol. The van der Waals surface area contributed by atoms with Crippen LogP contribution in [0.4, 0.5) is 5.82 Å². The quantitative estimate of drug-likeness (QED) is 0.340. The molecule has 0 bridgehead atoms. The zero-order chi connectivity index (χ0) is 25.8. The van der Waals surface area contributed by atoms with E-state index in [1.807, 2.05) is 13.0 Å². The highest BCUT2D eigenvalue weighted by Crippen LogP contribution is 2.36. The summed E-state index contributed by atoms with van der Waals surface area (Å²) in [6.07, 6.45) is 5.98. The third-order valence-electron chi connectivity index (χ3n) is 5.84. The van der Waals surface area contributed by atoms with Crippen molar-refractivity contribution in [1.82, 2.24) is 19.7 Å². The molecule has 4 heterocycles. The normalized spacial score (nSPS) is 14.6. The number of hydrogen-bond donors (Lipinski definition) is 1. The van der Waals surface area contributed by atoms with E-state index in [1.165, 1.54) is 6.20 Å². The van der Waals surface area contributed by atoms with Crippen molar-refractivity contribution in [1.29, 1.82) is 0 Å². The first-order valence-corrected chi connectivity index (χ1v) is 11.9. The Hall–Kier alpha value is -4.38. The Bertz CT molecular complexity index is 1400. The largest absolute Gasteiger partial charge is 0.493 e. The molecular weight excluding hydrogens is 478 g/mol. The van der Waals surface area contributed by atoms with Gasteiger partial charge in [0.1, 0.15) is 17.3 Å². The number of anilines is 1. The Labute approximate surface area is 213 Å². The van der Waals surface area contributed by atoms with Crippen LogP contribution in [0.25, 0.3) is 10.9 Å². The van der Waals surface area contributed by atoms with E-state index in [9.17, 15) is 4.79 Å². The van der Waals surface area contributed by atoms with Crippen molar-refractivity contribution in [2.75, 3.05) is 32.8 Å². The van der Waals surface area contributed by atoms with E-state index in [-0.39, 0.29) is 11.8 Å². The zero-order valence-corrected chi connectivity index (χ0v) is 20.8. The van der Waals surface area contributed by atoms with Gasteiger partial charge in [-0.2, -0.15) is 5.10 Å². The van der Waals surface area contributed by atoms with Gasteiger partial charge in [0, 0.05) is 24.3 Å². The average molecular weight is 506 g/mol. The van der Waals surface area contributed by atoms with Crippen LogP contribution in [0.2, 0.25) is 0 Å². The summed E-state index contributed by atoms with van der Waals surface area (Å²) < 4.78 is 29.6. The van der Waals surface area contributed by atoms with E-state index in [1.54, 1.807) is 55.6 Å². The Balaban J connectivity index is 1.30. The van der Waals surface area contributed by atoms with Crippen LogP contribution in [0.15, 0.2) is 48.9 Å². The standard InChI is InChI=1S/C26H27N5O6/c1-4-35-23-15-31(14-17-8-10-36-17)30-25(23)26(32)29-24-6-5-16(13-28-24)37-20-7-9-27-19-12-22(34-3)21(33-2)11-18(19)20/h5-7,9,11-13,15,17H,4,8,10,14H2,1-3H3,(H,28,29,32). The number of fused-ring (bicyclic) bond motifs is 1. The Morgan fingerprint density at radius 3 is 2.59 bits per heavy atom. The van der Waals surface area contributed by atoms with Gasteiger partial charge < -0.3 is 29.0 Å². The molecule has 1 atom stereocenters. The highest BCUT2D eigenvalue weighted by atomic mass is 16.5. The van der Waals surface area contributed by atoms with Crippen LogP contribution in [-0.2, 0) is 11.3 Å². The van der Waals surface area contributed by atoms with E-state index >= 15 is 0 Å². The van der Waals surface area contributed by atoms with Gasteiger partial charge in [-0.05, 0) is 37.6 Å². The molecule has 0 aliphatic carbocycles. The molecule has 192 valence electrons. The van der Waals surface area contributed by atoms with Gasteiger partial charge in [0.05, 0.1) is 51.4 Å². The topological polar surface area (TPSA) is 119 Å². The third-order valence-corrected chi connectivity index (χ3v) is 5.84. The van der Waals surface area contributed by atoms with Crippen molar-refractivity contribution < 1.29 is 28.5 Å². The minimum absolute atomic E-state index is 0.111. The van der Waals surface area contributed by atoms with Crippen molar-refractivity contribution in [3.8, 4) is 28.7 Å². The van der Waals surface area contributed by atoms with Crippen LogP contribution in [0.5, 0.6) is 28.7 Å². The number of aromatic nitrogens is 4. The molecule has 1 saturated heterocycles. The second-order valence-corrected chi connectivity index (χ2v) is 8.25. The molecule has 0 radical (unpaired) electrons. The van der Waals surface area contributed by atoms with Gasteiger partial charge in [-0.3, -0.25) is 14.5 Å². The molecule has 1 aliphatic rings. The molecule has 1 amide bonds. The van der Waals surface area contributed by atoms with Crippen molar-refractivity contribution in [2.45, 2.75) is 26.0 Å². The van der Waals surface area contributed by atoms with Gasteiger partial charge in [-0.1, -0.05) is 0 Å². The van der Waals surface area contributed by atoms with Crippen molar-refractivity contribution in [2.24, 2.45) is 0 Å². The summed E-state index contributed by atoms with van der Waals surface area (Å²) >= 11 is 0. The first-order chi connectivity index (χ1) is 18.1. The highest BCUT2D eigenvalue weighted by Gasteiger charge is 2.23. The summed E-state index contributed by atoms with van der Waals surface area (Å²) in [5.74, 6) is 2.55. The summed E-state index contributed by atoms with van der Waals surface area (Å²) in [4.78, 5) is 21.6. The number of amides is 1. The lowest BCUT2D eigenvalue weighted by Gasteiger charge is -2.25. The molecule has 4 aromatic rings. The SMILES string of the molecule is CCOc1cn(CC2CCO2)nc1C(=O)Nc1ccc(Oc2ccnc3cc(OC)c(OC)cc23)cn1. The van der Waals surface area contributed by atoms with Gasteiger partial charge in [-0.25, -0.2) is 4.98 Å². The molecule has 1 fully saturated rings. The fourth-order valence-electron chi connectivity index (χ4n) is 3.91. The maximum atomic E-state index is 12.9. The lowest BCUT2D eigenvalue weighted by molar-refractivity contribution is -0.0609. The summed E-state index contributed by atoms with van der Waals surface area (Å²) in [6.45, 7) is 3.59. The molecule has 5 rings (SSSR count). The Morgan fingerprint density at radius 1 is 1.11 bits per heavy atom. The van der Waals surface area contributed by atoms with Crippen LogP contribution in [0, 0.1) is 0 Å². The second-order valence-electron chi connectivity index (χ2n) is 8.25. The predicted molar refractivity (Wildman–Crippen MR) is 135 cm³/mol. The minimum Gasteiger partial charge on any atom is -0.493 e. The van der Waals surface area contributed by atoms with Crippen LogP contribution in [0.1, 0.15) is 23.8 Å². The lowest BCUT2D eigenvalue weighted by atomic mass is 10.2. The number of methoxy groups -OCH3 is 2. The highest BCUT2D eigenvalue weighted by molar-refractivity contribution is 6.04. The molecule has 1 aliphatic heterocycles. The summed E-state index contributed by atoms with van der Waals surface area (Å²) in [5.41, 5.74) is 0.885. The molecule has 1 unspecified atom stereocenters. The van der Waals surface area contributed by atoms with Crippen LogP contribution < -0.4 is 24.3 Å². The lowest BCUT2D eigenvalue weighted by Crippen LogP contribution is -2.31. The summed E-state index contributed by atoms with van der Waals surface area (Å²) in [7, 11) is 3.14. The molecule has 11 heteroatoms. The molecule has 37 heavy (non-hydrogen) atoms. The molecule has 1 aromatic carbocycles. The smallest absolute Gasteiger partial charge is 0.281 e. The molecule has 11 nitrogen and oxygen atoms in total. The van der Waals surface area contributed by atoms with E-state index in [0.717, 1.165) is 18.4 Å². The Morgan fingerprint density at radius 2 is 1.92 bits per heavy atom. The molecule has 3 aromatic heterocycles. The van der Waals surface area contributed by atoms with E-state index < -0.39 is 5.91 Å². The number of ether oxygens (including phenoxy) is 5. The molecule has 0 spiro atoms. The maximum Gasteiger partial charge on any atom is 0.281 e. The van der Waals surface area contributed by atoms with Crippen molar-refractivity contribution >= 4 is 22.6 Å². The van der Waals surface area contributed by atoms with Gasteiger partial charge in [0.25, 0.3) is 5.91 Å². The van der Waals surface area contributed by atoms with E-state index in [2.05, 4.69) is 20.4 Å². The minimum atomic E-state index is -0.418. The van der Waals surface area contributed by atoms with Gasteiger partial charge in [0.2, 0.25) is 0 Å². The van der Waals surface area contributed by atoms with E-state index in [0.29, 0.717) is 53.2 Å². The fourth-order valence-corrected chi connectivity index (χ4v) is 3.91. The Kier molecular flexibility index (Phi) is 7.04. The average Bonchev–Trinajstić information content (AvgIpc) is 3.29. The van der Waals surface area contributed by atoms with Crippen molar-refractivity contribution in [3.05, 3.63) is 54.6 Å². The number of nitrogens with one attached hydrogen (secondary N) is 1. The molecule has 1 N–H and O–H groups in total. The molecule has 0 saturated carbocycles. The zero-order valence-electron chi connectivity index (χ0n) is 20.8. The number of hydrogen-bond acceptors (Lipinski definition) is 9. The fraction of sp³-hybridized carbons (Fsp3) is 0.308. The molecular formula is C26H27N5O6. The second kappa shape index (κ2) is 10.7. The van der Waals surface area contributed by atoms with Crippen LogP contribution in [0.3, 0.4) is 0 Å². The van der Waals surface area contributed by atoms with Crippen molar-refractivity contribution in [3.63, 3.8) is 0 Å². The number of carbonyl (C=O) groups excluding carboxylic acids is 1. The summed E-state index contributed by atoms with van der Waals surface area (Å²) in [5, 5.41) is 7.92. The number of pyridine rings is 2. The van der Waals surface area contributed by atoms with E-state index in [4.69, 9.17) is 23.7 Å². The number of carbonyl (C=O) groups is 1. The van der Waals surface area contributed by atoms with Gasteiger partial charge >= 0.3 is 0 Å². The summed E-state index contributed by atoms with van der Waals surface area (Å²) in [6, 6.07) is 8.72. The maximum absolute atomic E-state index is 12.9.